The van der Waals surface area contributed by atoms with Crippen molar-refractivity contribution in [1.82, 2.24) is 0 Å². The van der Waals surface area contributed by atoms with Crippen LogP contribution in [0.3, 0.4) is 0 Å². The summed E-state index contributed by atoms with van der Waals surface area (Å²) in [7, 11) is 0. The maximum atomic E-state index is 12.9. The Labute approximate surface area is 156 Å². The van der Waals surface area contributed by atoms with Crippen molar-refractivity contribution in [2.45, 2.75) is 38.6 Å². The molecule has 146 valence electrons. The van der Waals surface area contributed by atoms with Crippen molar-refractivity contribution in [1.29, 1.82) is 0 Å². The predicted octanol–water partition coefficient (Wildman–Crippen LogP) is 4.28. The summed E-state index contributed by atoms with van der Waals surface area (Å²) in [6.07, 6.45) is -4.79. The van der Waals surface area contributed by atoms with Crippen LogP contribution in [0.5, 0.6) is 5.75 Å². The smallest absolute Gasteiger partial charge is 0.421 e. The van der Waals surface area contributed by atoms with Gasteiger partial charge >= 0.3 is 6.18 Å². The lowest BCUT2D eigenvalue weighted by Gasteiger charge is -2.27. The number of carbonyl (C=O) groups excluding carboxylic acids is 1. The van der Waals surface area contributed by atoms with E-state index < -0.39 is 11.8 Å². The number of carbonyl (C=O) groups is 1. The number of nitrogens with zero attached hydrogens (tertiary/aromatic N) is 1. The Bertz CT molecular complexity index is 756. The Hall–Kier alpha value is -2.54. The first-order valence-electron chi connectivity index (χ1n) is 8.43. The quantitative estimate of drug-likeness (QED) is 0.813. The average Bonchev–Trinajstić information content (AvgIpc) is 2.60. The molecule has 0 radical (unpaired) electrons. The standard InChI is InChI=1S/C20H22F3NO3/c1-14(2)24(16-7-5-4-6-8-16)18(25)13-27-17-11-9-15(10-12-17)19(3,26)20(21,22)23/h4-12,14,26H,13H2,1-3H3/t19-/m0/s1. The first-order chi connectivity index (χ1) is 12.5. The van der Waals surface area contributed by atoms with E-state index in [0.29, 0.717) is 6.92 Å². The third kappa shape index (κ3) is 4.80. The van der Waals surface area contributed by atoms with Crippen LogP contribution in [0, 0.1) is 0 Å². The summed E-state index contributed by atoms with van der Waals surface area (Å²) in [5, 5.41) is 9.66. The maximum absolute atomic E-state index is 12.9. The van der Waals surface area contributed by atoms with E-state index in [1.807, 2.05) is 44.2 Å². The van der Waals surface area contributed by atoms with Gasteiger partial charge in [-0.25, -0.2) is 0 Å². The molecule has 0 heterocycles. The predicted molar refractivity (Wildman–Crippen MR) is 96.6 cm³/mol. The summed E-state index contributed by atoms with van der Waals surface area (Å²) in [6, 6.07) is 13.9. The van der Waals surface area contributed by atoms with Gasteiger partial charge in [-0.3, -0.25) is 4.79 Å². The minimum atomic E-state index is -4.79. The molecule has 2 rings (SSSR count). The lowest BCUT2D eigenvalue weighted by Crippen LogP contribution is -2.40. The number of rotatable bonds is 6. The molecule has 0 saturated heterocycles. The molecule has 0 saturated carbocycles. The third-order valence-corrected chi connectivity index (χ3v) is 4.15. The van der Waals surface area contributed by atoms with Crippen molar-refractivity contribution in [3.63, 3.8) is 0 Å². The second kappa shape index (κ2) is 8.00. The number of amides is 1. The summed E-state index contributed by atoms with van der Waals surface area (Å²) >= 11 is 0. The van der Waals surface area contributed by atoms with Crippen LogP contribution in [0.4, 0.5) is 18.9 Å². The highest BCUT2D eigenvalue weighted by Gasteiger charge is 2.51. The molecule has 1 N–H and O–H groups in total. The molecular weight excluding hydrogens is 359 g/mol. The summed E-state index contributed by atoms with van der Waals surface area (Å²) in [5.74, 6) is -0.0376. The minimum Gasteiger partial charge on any atom is -0.484 e. The fourth-order valence-corrected chi connectivity index (χ4v) is 2.57. The second-order valence-electron chi connectivity index (χ2n) is 6.58. The SMILES string of the molecule is CC(C)N(C(=O)COc1ccc([C@](C)(O)C(F)(F)F)cc1)c1ccccc1. The Morgan fingerprint density at radius 2 is 1.63 bits per heavy atom. The van der Waals surface area contributed by atoms with E-state index in [9.17, 15) is 23.1 Å². The number of halogens is 3. The Morgan fingerprint density at radius 3 is 2.11 bits per heavy atom. The van der Waals surface area contributed by atoms with Gasteiger partial charge in [-0.15, -0.1) is 0 Å². The molecule has 7 heteroatoms. The van der Waals surface area contributed by atoms with Crippen molar-refractivity contribution in [3.8, 4) is 5.75 Å². The number of hydrogen-bond acceptors (Lipinski definition) is 3. The van der Waals surface area contributed by atoms with E-state index in [4.69, 9.17) is 4.74 Å². The number of hydrogen-bond donors (Lipinski definition) is 1. The Morgan fingerprint density at radius 1 is 1.07 bits per heavy atom. The van der Waals surface area contributed by atoms with Gasteiger partial charge in [-0.2, -0.15) is 13.2 Å². The van der Waals surface area contributed by atoms with Crippen LogP contribution >= 0.6 is 0 Å². The molecule has 0 aliphatic heterocycles. The van der Waals surface area contributed by atoms with Crippen molar-refractivity contribution in [2.24, 2.45) is 0 Å². The van der Waals surface area contributed by atoms with Gasteiger partial charge < -0.3 is 14.7 Å². The third-order valence-electron chi connectivity index (χ3n) is 4.15. The molecule has 1 amide bonds. The molecule has 0 aliphatic carbocycles. The fraction of sp³-hybridized carbons (Fsp3) is 0.350. The zero-order valence-corrected chi connectivity index (χ0v) is 15.3. The lowest BCUT2D eigenvalue weighted by molar-refractivity contribution is -0.258. The number of aliphatic hydroxyl groups is 1. The molecule has 0 fully saturated rings. The number of anilines is 1. The molecule has 0 aliphatic rings. The molecule has 2 aromatic rings. The summed E-state index contributed by atoms with van der Waals surface area (Å²) < 4.78 is 44.0. The highest BCUT2D eigenvalue weighted by Crippen LogP contribution is 2.38. The Balaban J connectivity index is 2.07. The monoisotopic (exact) mass is 381 g/mol. The van der Waals surface area contributed by atoms with Crippen LogP contribution < -0.4 is 9.64 Å². The van der Waals surface area contributed by atoms with E-state index in [0.717, 1.165) is 17.8 Å². The second-order valence-corrected chi connectivity index (χ2v) is 6.58. The van der Waals surface area contributed by atoms with E-state index in [1.54, 1.807) is 4.90 Å². The van der Waals surface area contributed by atoms with E-state index in [-0.39, 0.29) is 29.9 Å². The van der Waals surface area contributed by atoms with Crippen LogP contribution in [0.1, 0.15) is 26.3 Å². The first-order valence-corrected chi connectivity index (χ1v) is 8.43. The topological polar surface area (TPSA) is 49.8 Å². The van der Waals surface area contributed by atoms with E-state index >= 15 is 0 Å². The molecular formula is C20H22F3NO3. The van der Waals surface area contributed by atoms with E-state index in [1.165, 1.54) is 12.1 Å². The minimum absolute atomic E-state index is 0.0900. The largest absolute Gasteiger partial charge is 0.484 e. The molecule has 0 aromatic heterocycles. The van der Waals surface area contributed by atoms with Gasteiger partial charge in [0.05, 0.1) is 0 Å². The number of ether oxygens (including phenoxy) is 1. The highest BCUT2D eigenvalue weighted by molar-refractivity contribution is 5.94. The van der Waals surface area contributed by atoms with E-state index in [2.05, 4.69) is 0 Å². The molecule has 0 spiro atoms. The van der Waals surface area contributed by atoms with Crippen molar-refractivity contribution >= 4 is 11.6 Å². The lowest BCUT2D eigenvalue weighted by atomic mass is 9.95. The van der Waals surface area contributed by atoms with Gasteiger partial charge in [0.1, 0.15) is 5.75 Å². The van der Waals surface area contributed by atoms with Crippen LogP contribution in [-0.4, -0.2) is 29.8 Å². The molecule has 0 bridgehead atoms. The average molecular weight is 381 g/mol. The van der Waals surface area contributed by atoms with Gasteiger partial charge in [-0.1, -0.05) is 30.3 Å². The zero-order chi connectivity index (χ0) is 20.2. The van der Waals surface area contributed by atoms with Crippen molar-refractivity contribution in [3.05, 3.63) is 60.2 Å². The Kier molecular flexibility index (Phi) is 6.15. The van der Waals surface area contributed by atoms with Crippen LogP contribution in [-0.2, 0) is 10.4 Å². The van der Waals surface area contributed by atoms with Gasteiger partial charge in [0.15, 0.2) is 12.2 Å². The highest BCUT2D eigenvalue weighted by atomic mass is 19.4. The van der Waals surface area contributed by atoms with Gasteiger partial charge in [0.2, 0.25) is 0 Å². The summed E-state index contributed by atoms with van der Waals surface area (Å²) in [5.41, 5.74) is -2.53. The molecule has 27 heavy (non-hydrogen) atoms. The molecule has 0 unspecified atom stereocenters. The molecule has 2 aromatic carbocycles. The van der Waals surface area contributed by atoms with Gasteiger partial charge in [-0.05, 0) is 50.6 Å². The zero-order valence-electron chi connectivity index (χ0n) is 15.3. The molecule has 1 atom stereocenters. The van der Waals surface area contributed by atoms with Crippen LogP contribution in [0.15, 0.2) is 54.6 Å². The fourth-order valence-electron chi connectivity index (χ4n) is 2.57. The summed E-state index contributed by atoms with van der Waals surface area (Å²) in [6.45, 7) is 4.17. The summed E-state index contributed by atoms with van der Waals surface area (Å²) in [4.78, 5) is 14.1. The van der Waals surface area contributed by atoms with Crippen LogP contribution in [0.2, 0.25) is 0 Å². The van der Waals surface area contributed by atoms with Crippen molar-refractivity contribution in [2.75, 3.05) is 11.5 Å². The first kappa shape index (κ1) is 20.8. The van der Waals surface area contributed by atoms with Crippen molar-refractivity contribution < 1.29 is 27.8 Å². The van der Waals surface area contributed by atoms with Gasteiger partial charge in [0.25, 0.3) is 5.91 Å². The normalized spacial score (nSPS) is 13.9. The maximum Gasteiger partial charge on any atom is 0.421 e. The number of para-hydroxylation sites is 1. The molecule has 4 nitrogen and oxygen atoms in total. The number of alkyl halides is 3. The van der Waals surface area contributed by atoms with Crippen LogP contribution in [0.25, 0.3) is 0 Å². The number of benzene rings is 2. The van der Waals surface area contributed by atoms with Gasteiger partial charge in [0, 0.05) is 11.7 Å².